The number of pyridine rings is 1. The first-order chi connectivity index (χ1) is 5.75. The van der Waals surface area contributed by atoms with Crippen LogP contribution in [0.15, 0.2) is 18.3 Å². The summed E-state index contributed by atoms with van der Waals surface area (Å²) in [6, 6.07) is 4.21. The van der Waals surface area contributed by atoms with Gasteiger partial charge < -0.3 is 0 Å². The zero-order chi connectivity index (χ0) is 8.97. The van der Waals surface area contributed by atoms with Crippen LogP contribution in [-0.2, 0) is 0 Å². The minimum absolute atomic E-state index is 0.656. The van der Waals surface area contributed by atoms with Crippen molar-refractivity contribution in [1.82, 2.24) is 4.98 Å². The van der Waals surface area contributed by atoms with Crippen molar-refractivity contribution in [1.29, 1.82) is 0 Å². The summed E-state index contributed by atoms with van der Waals surface area (Å²) in [4.78, 5) is 4.28. The maximum Gasteiger partial charge on any atom is 0.0407 e. The summed E-state index contributed by atoms with van der Waals surface area (Å²) >= 11 is 0. The van der Waals surface area contributed by atoms with E-state index in [1.54, 1.807) is 0 Å². The van der Waals surface area contributed by atoms with E-state index in [4.69, 9.17) is 0 Å². The van der Waals surface area contributed by atoms with Crippen LogP contribution in [0.1, 0.15) is 43.9 Å². The van der Waals surface area contributed by atoms with Crippen molar-refractivity contribution in [2.24, 2.45) is 0 Å². The number of hydrogen-bond acceptors (Lipinski definition) is 1. The second kappa shape index (κ2) is 4.24. The molecular weight excluding hydrogens is 146 g/mol. The Balaban J connectivity index is 2.79. The highest BCUT2D eigenvalue weighted by Crippen LogP contribution is 2.21. The van der Waals surface area contributed by atoms with Crippen LogP contribution in [0.5, 0.6) is 0 Å². The average molecular weight is 163 g/mol. The minimum atomic E-state index is 0.656. The molecule has 0 aliphatic heterocycles. The van der Waals surface area contributed by atoms with Gasteiger partial charge in [0.1, 0.15) is 0 Å². The molecule has 0 fully saturated rings. The molecule has 0 amide bonds. The summed E-state index contributed by atoms with van der Waals surface area (Å²) in [5.41, 5.74) is 2.58. The maximum atomic E-state index is 4.28. The zero-order valence-electron chi connectivity index (χ0n) is 8.17. The van der Waals surface area contributed by atoms with Gasteiger partial charge in [0.15, 0.2) is 0 Å². The molecule has 1 aromatic rings. The molecule has 0 saturated heterocycles. The van der Waals surface area contributed by atoms with Crippen LogP contribution >= 0.6 is 0 Å². The molecule has 0 bridgehead atoms. The summed E-state index contributed by atoms with van der Waals surface area (Å²) in [7, 11) is 0. The van der Waals surface area contributed by atoms with Crippen molar-refractivity contribution in [3.05, 3.63) is 29.6 Å². The molecule has 0 N–H and O–H groups in total. The van der Waals surface area contributed by atoms with Gasteiger partial charge in [0.25, 0.3) is 0 Å². The van der Waals surface area contributed by atoms with Gasteiger partial charge in [0.2, 0.25) is 0 Å². The monoisotopic (exact) mass is 163 g/mol. The Labute approximate surface area is 74.8 Å². The Hall–Kier alpha value is -0.850. The lowest BCUT2D eigenvalue weighted by molar-refractivity contribution is 0.658. The molecule has 0 radical (unpaired) electrons. The Bertz CT molecular complexity index is 243. The van der Waals surface area contributed by atoms with Gasteiger partial charge >= 0.3 is 0 Å². The molecular formula is C11H17N. The highest BCUT2D eigenvalue weighted by atomic mass is 14.7. The van der Waals surface area contributed by atoms with E-state index in [0.717, 1.165) is 0 Å². The Kier molecular flexibility index (Phi) is 3.27. The minimum Gasteiger partial charge on any atom is -0.261 e. The third-order valence-corrected chi connectivity index (χ3v) is 2.30. The number of nitrogens with zero attached hydrogens (tertiary/aromatic N) is 1. The fraction of sp³-hybridized carbons (Fsp3) is 0.545. The Morgan fingerprint density at radius 3 is 2.83 bits per heavy atom. The second-order valence-electron chi connectivity index (χ2n) is 3.37. The first-order valence-corrected chi connectivity index (χ1v) is 4.67. The smallest absolute Gasteiger partial charge is 0.0407 e. The summed E-state index contributed by atoms with van der Waals surface area (Å²) in [6.07, 6.45) is 4.36. The molecule has 1 unspecified atom stereocenters. The fourth-order valence-corrected chi connectivity index (χ4v) is 1.61. The quantitative estimate of drug-likeness (QED) is 0.666. The van der Waals surface area contributed by atoms with Gasteiger partial charge in [-0.1, -0.05) is 26.3 Å². The van der Waals surface area contributed by atoms with Gasteiger partial charge in [-0.3, -0.25) is 4.98 Å². The predicted octanol–water partition coefficient (Wildman–Crippen LogP) is 3.29. The van der Waals surface area contributed by atoms with Crippen molar-refractivity contribution in [2.45, 2.75) is 39.5 Å². The predicted molar refractivity (Wildman–Crippen MR) is 52.3 cm³/mol. The molecule has 1 atom stereocenters. The number of aryl methyl sites for hydroxylation is 1. The van der Waals surface area contributed by atoms with Crippen LogP contribution < -0.4 is 0 Å². The number of rotatable bonds is 3. The van der Waals surface area contributed by atoms with Gasteiger partial charge in [-0.25, -0.2) is 0 Å². The van der Waals surface area contributed by atoms with Gasteiger partial charge in [-0.2, -0.15) is 0 Å². The van der Waals surface area contributed by atoms with E-state index in [9.17, 15) is 0 Å². The number of hydrogen-bond donors (Lipinski definition) is 0. The van der Waals surface area contributed by atoms with Crippen molar-refractivity contribution < 1.29 is 0 Å². The van der Waals surface area contributed by atoms with Crippen molar-refractivity contribution in [3.8, 4) is 0 Å². The molecule has 1 heterocycles. The van der Waals surface area contributed by atoms with E-state index in [-0.39, 0.29) is 0 Å². The molecule has 1 nitrogen and oxygen atoms in total. The van der Waals surface area contributed by atoms with E-state index < -0.39 is 0 Å². The van der Waals surface area contributed by atoms with Gasteiger partial charge in [0.05, 0.1) is 0 Å². The molecule has 0 spiro atoms. The SMILES string of the molecule is CCCC(C)c1cccnc1C. The zero-order valence-corrected chi connectivity index (χ0v) is 8.17. The molecule has 0 aromatic carbocycles. The molecule has 0 saturated carbocycles. The summed E-state index contributed by atoms with van der Waals surface area (Å²) in [6.45, 7) is 6.58. The normalized spacial score (nSPS) is 12.9. The van der Waals surface area contributed by atoms with Gasteiger partial charge in [0, 0.05) is 11.9 Å². The van der Waals surface area contributed by atoms with E-state index in [1.807, 2.05) is 12.3 Å². The van der Waals surface area contributed by atoms with Crippen molar-refractivity contribution in [3.63, 3.8) is 0 Å². The largest absolute Gasteiger partial charge is 0.261 e. The Morgan fingerprint density at radius 2 is 2.25 bits per heavy atom. The first-order valence-electron chi connectivity index (χ1n) is 4.67. The van der Waals surface area contributed by atoms with Crippen LogP contribution in [0.25, 0.3) is 0 Å². The lowest BCUT2D eigenvalue weighted by Crippen LogP contribution is -1.97. The average Bonchev–Trinajstić information content (AvgIpc) is 2.05. The molecule has 0 aliphatic carbocycles. The summed E-state index contributed by atoms with van der Waals surface area (Å²) in [5.74, 6) is 0.656. The van der Waals surface area contributed by atoms with E-state index in [2.05, 4.69) is 31.8 Å². The molecule has 1 rings (SSSR count). The van der Waals surface area contributed by atoms with Gasteiger partial charge in [-0.05, 0) is 30.9 Å². The highest BCUT2D eigenvalue weighted by Gasteiger charge is 2.06. The van der Waals surface area contributed by atoms with Crippen LogP contribution in [0.3, 0.4) is 0 Å². The van der Waals surface area contributed by atoms with E-state index >= 15 is 0 Å². The second-order valence-corrected chi connectivity index (χ2v) is 3.37. The van der Waals surface area contributed by atoms with Crippen molar-refractivity contribution >= 4 is 0 Å². The standard InChI is InChI=1S/C11H17N/c1-4-6-9(2)11-7-5-8-12-10(11)3/h5,7-9H,4,6H2,1-3H3. The highest BCUT2D eigenvalue weighted by molar-refractivity contribution is 5.22. The van der Waals surface area contributed by atoms with Crippen LogP contribution in [-0.4, -0.2) is 4.98 Å². The van der Waals surface area contributed by atoms with E-state index in [1.165, 1.54) is 24.1 Å². The third kappa shape index (κ3) is 2.07. The molecule has 0 aliphatic rings. The molecule has 12 heavy (non-hydrogen) atoms. The lowest BCUT2D eigenvalue weighted by atomic mass is 9.96. The maximum absolute atomic E-state index is 4.28. The van der Waals surface area contributed by atoms with E-state index in [0.29, 0.717) is 5.92 Å². The van der Waals surface area contributed by atoms with Gasteiger partial charge in [-0.15, -0.1) is 0 Å². The fourth-order valence-electron chi connectivity index (χ4n) is 1.61. The topological polar surface area (TPSA) is 12.9 Å². The first kappa shape index (κ1) is 9.24. The van der Waals surface area contributed by atoms with Crippen molar-refractivity contribution in [2.75, 3.05) is 0 Å². The summed E-state index contributed by atoms with van der Waals surface area (Å²) < 4.78 is 0. The Morgan fingerprint density at radius 1 is 1.50 bits per heavy atom. The summed E-state index contributed by atoms with van der Waals surface area (Å²) in [5, 5.41) is 0. The third-order valence-electron chi connectivity index (χ3n) is 2.30. The molecule has 1 aromatic heterocycles. The van der Waals surface area contributed by atoms with Crippen LogP contribution in [0.4, 0.5) is 0 Å². The van der Waals surface area contributed by atoms with Crippen LogP contribution in [0.2, 0.25) is 0 Å². The van der Waals surface area contributed by atoms with Crippen LogP contribution in [0, 0.1) is 6.92 Å². The number of aromatic nitrogens is 1. The lowest BCUT2D eigenvalue weighted by Gasteiger charge is -2.11. The molecule has 66 valence electrons. The molecule has 1 heteroatoms.